The maximum absolute atomic E-state index is 11.0. The molecule has 0 spiro atoms. The van der Waals surface area contributed by atoms with Crippen LogP contribution in [0.5, 0.6) is 5.75 Å². The van der Waals surface area contributed by atoms with Gasteiger partial charge in [0.2, 0.25) is 0 Å². The fourth-order valence-electron chi connectivity index (χ4n) is 1.85. The zero-order valence-electron chi connectivity index (χ0n) is 10.4. The Bertz CT molecular complexity index is 555. The van der Waals surface area contributed by atoms with Gasteiger partial charge < -0.3 is 14.4 Å². The van der Waals surface area contributed by atoms with E-state index in [-0.39, 0.29) is 5.69 Å². The lowest BCUT2D eigenvalue weighted by molar-refractivity contribution is 0.0686. The molecule has 0 saturated heterocycles. The quantitative estimate of drug-likeness (QED) is 0.901. The number of aromatic carboxylic acids is 1. The molecule has 1 heterocycles. The molecule has 0 saturated carbocycles. The lowest BCUT2D eigenvalue weighted by atomic mass is 10.1. The Morgan fingerprint density at radius 1 is 1.28 bits per heavy atom. The van der Waals surface area contributed by atoms with Gasteiger partial charge in [0.1, 0.15) is 11.4 Å². The molecule has 2 rings (SSSR count). The SMILES string of the molecule is CCOc1ccc(-c2cc(C(=O)O)n(C)c2)cc1. The van der Waals surface area contributed by atoms with Crippen molar-refractivity contribution in [1.82, 2.24) is 4.57 Å². The van der Waals surface area contributed by atoms with Gasteiger partial charge in [-0.05, 0) is 30.7 Å². The van der Waals surface area contributed by atoms with Gasteiger partial charge in [0.05, 0.1) is 6.61 Å². The molecule has 2 aromatic rings. The zero-order valence-corrected chi connectivity index (χ0v) is 10.4. The minimum absolute atomic E-state index is 0.277. The molecule has 94 valence electrons. The predicted molar refractivity (Wildman–Crippen MR) is 69.0 cm³/mol. The number of carboxylic acids is 1. The van der Waals surface area contributed by atoms with Crippen molar-refractivity contribution in [3.05, 3.63) is 42.2 Å². The van der Waals surface area contributed by atoms with Crippen LogP contribution in [-0.2, 0) is 7.05 Å². The third-order valence-corrected chi connectivity index (χ3v) is 2.72. The van der Waals surface area contributed by atoms with Crippen LogP contribution in [0, 0.1) is 0 Å². The van der Waals surface area contributed by atoms with Crippen LogP contribution in [0.25, 0.3) is 11.1 Å². The molecule has 0 radical (unpaired) electrons. The smallest absolute Gasteiger partial charge is 0.352 e. The normalized spacial score (nSPS) is 10.3. The van der Waals surface area contributed by atoms with Gasteiger partial charge in [0, 0.05) is 18.8 Å². The Balaban J connectivity index is 2.31. The fraction of sp³-hybridized carbons (Fsp3) is 0.214. The number of aryl methyl sites for hydroxylation is 1. The van der Waals surface area contributed by atoms with Gasteiger partial charge in [0.15, 0.2) is 0 Å². The Kier molecular flexibility index (Phi) is 3.37. The number of hydrogen-bond acceptors (Lipinski definition) is 2. The van der Waals surface area contributed by atoms with Crippen LogP contribution >= 0.6 is 0 Å². The van der Waals surface area contributed by atoms with Crippen molar-refractivity contribution in [2.24, 2.45) is 7.05 Å². The van der Waals surface area contributed by atoms with E-state index >= 15 is 0 Å². The first kappa shape index (κ1) is 12.2. The van der Waals surface area contributed by atoms with Crippen LogP contribution in [0.3, 0.4) is 0 Å². The van der Waals surface area contributed by atoms with Crippen molar-refractivity contribution in [3.8, 4) is 16.9 Å². The second kappa shape index (κ2) is 4.96. The minimum Gasteiger partial charge on any atom is -0.494 e. The van der Waals surface area contributed by atoms with Gasteiger partial charge in [-0.25, -0.2) is 4.79 Å². The highest BCUT2D eigenvalue weighted by Crippen LogP contribution is 2.24. The van der Waals surface area contributed by atoms with E-state index in [9.17, 15) is 4.79 Å². The van der Waals surface area contributed by atoms with Gasteiger partial charge in [-0.3, -0.25) is 0 Å². The van der Waals surface area contributed by atoms with E-state index < -0.39 is 5.97 Å². The first-order chi connectivity index (χ1) is 8.61. The molecule has 0 atom stereocenters. The van der Waals surface area contributed by atoms with Gasteiger partial charge >= 0.3 is 5.97 Å². The molecule has 0 unspecified atom stereocenters. The van der Waals surface area contributed by atoms with Crippen LogP contribution in [0.15, 0.2) is 36.5 Å². The molecule has 4 nitrogen and oxygen atoms in total. The molecular weight excluding hydrogens is 230 g/mol. The molecule has 1 aromatic carbocycles. The van der Waals surface area contributed by atoms with Crippen LogP contribution in [0.2, 0.25) is 0 Å². The van der Waals surface area contributed by atoms with Crippen molar-refractivity contribution < 1.29 is 14.6 Å². The second-order valence-electron chi connectivity index (χ2n) is 3.99. The van der Waals surface area contributed by atoms with E-state index in [0.29, 0.717) is 6.61 Å². The molecular formula is C14H15NO3. The lowest BCUT2D eigenvalue weighted by Gasteiger charge is -2.03. The van der Waals surface area contributed by atoms with E-state index in [4.69, 9.17) is 9.84 Å². The summed E-state index contributed by atoms with van der Waals surface area (Å²) >= 11 is 0. The van der Waals surface area contributed by atoms with E-state index in [1.165, 1.54) is 0 Å². The minimum atomic E-state index is -0.922. The number of carbonyl (C=O) groups is 1. The summed E-state index contributed by atoms with van der Waals surface area (Å²) in [5, 5.41) is 9.00. The Morgan fingerprint density at radius 3 is 2.44 bits per heavy atom. The summed E-state index contributed by atoms with van der Waals surface area (Å²) in [5.74, 6) is -0.106. The Hall–Kier alpha value is -2.23. The van der Waals surface area contributed by atoms with Gasteiger partial charge in [-0.15, -0.1) is 0 Å². The highest BCUT2D eigenvalue weighted by Gasteiger charge is 2.10. The van der Waals surface area contributed by atoms with Crippen molar-refractivity contribution in [1.29, 1.82) is 0 Å². The zero-order chi connectivity index (χ0) is 13.1. The number of hydrogen-bond donors (Lipinski definition) is 1. The fourth-order valence-corrected chi connectivity index (χ4v) is 1.85. The number of ether oxygens (including phenoxy) is 1. The molecule has 1 aromatic heterocycles. The first-order valence-electron chi connectivity index (χ1n) is 5.74. The van der Waals surface area contributed by atoms with Crippen LogP contribution in [0.4, 0.5) is 0 Å². The van der Waals surface area contributed by atoms with Gasteiger partial charge in [-0.2, -0.15) is 0 Å². The van der Waals surface area contributed by atoms with Crippen molar-refractivity contribution in [3.63, 3.8) is 0 Å². The monoisotopic (exact) mass is 245 g/mol. The number of carboxylic acid groups (broad SMARTS) is 1. The van der Waals surface area contributed by atoms with Gasteiger partial charge in [-0.1, -0.05) is 12.1 Å². The number of nitrogens with zero attached hydrogens (tertiary/aromatic N) is 1. The Labute approximate surface area is 105 Å². The van der Waals surface area contributed by atoms with E-state index in [1.54, 1.807) is 23.9 Å². The highest BCUT2D eigenvalue weighted by atomic mass is 16.5. The summed E-state index contributed by atoms with van der Waals surface area (Å²) in [6.07, 6.45) is 1.80. The molecule has 0 aliphatic rings. The van der Waals surface area contributed by atoms with Crippen molar-refractivity contribution >= 4 is 5.97 Å². The van der Waals surface area contributed by atoms with Crippen molar-refractivity contribution in [2.45, 2.75) is 6.92 Å². The van der Waals surface area contributed by atoms with Crippen LogP contribution in [0.1, 0.15) is 17.4 Å². The largest absolute Gasteiger partial charge is 0.494 e. The summed E-state index contributed by atoms with van der Waals surface area (Å²) in [6, 6.07) is 9.27. The highest BCUT2D eigenvalue weighted by molar-refractivity contribution is 5.88. The standard InChI is InChI=1S/C14H15NO3/c1-3-18-12-6-4-10(5-7-12)11-8-13(14(16)17)15(2)9-11/h4-9H,3H2,1-2H3,(H,16,17). The predicted octanol–water partition coefficient (Wildman–Crippen LogP) is 2.79. The molecule has 0 aliphatic carbocycles. The average molecular weight is 245 g/mol. The number of benzene rings is 1. The summed E-state index contributed by atoms with van der Waals surface area (Å²) in [4.78, 5) is 11.0. The Morgan fingerprint density at radius 2 is 1.94 bits per heavy atom. The molecule has 0 bridgehead atoms. The average Bonchev–Trinajstić information content (AvgIpc) is 2.73. The molecule has 0 aliphatic heterocycles. The van der Waals surface area contributed by atoms with E-state index in [2.05, 4.69) is 0 Å². The maximum atomic E-state index is 11.0. The van der Waals surface area contributed by atoms with E-state index in [1.807, 2.05) is 31.2 Å². The topological polar surface area (TPSA) is 51.5 Å². The van der Waals surface area contributed by atoms with Crippen LogP contribution < -0.4 is 4.74 Å². The third kappa shape index (κ3) is 2.37. The van der Waals surface area contributed by atoms with E-state index in [0.717, 1.165) is 16.9 Å². The summed E-state index contributed by atoms with van der Waals surface area (Å²) in [6.45, 7) is 2.57. The van der Waals surface area contributed by atoms with Gasteiger partial charge in [0.25, 0.3) is 0 Å². The first-order valence-corrected chi connectivity index (χ1v) is 5.74. The lowest BCUT2D eigenvalue weighted by Crippen LogP contribution is -2.02. The van der Waals surface area contributed by atoms with Crippen molar-refractivity contribution in [2.75, 3.05) is 6.61 Å². The molecule has 4 heteroatoms. The maximum Gasteiger partial charge on any atom is 0.352 e. The molecule has 0 amide bonds. The summed E-state index contributed by atoms with van der Waals surface area (Å²) in [5.41, 5.74) is 2.14. The number of rotatable bonds is 4. The molecule has 0 fully saturated rings. The third-order valence-electron chi connectivity index (χ3n) is 2.72. The summed E-state index contributed by atoms with van der Waals surface area (Å²) in [7, 11) is 1.72. The van der Waals surface area contributed by atoms with Crippen LogP contribution in [-0.4, -0.2) is 22.2 Å². The number of aromatic nitrogens is 1. The molecule has 18 heavy (non-hydrogen) atoms. The summed E-state index contributed by atoms with van der Waals surface area (Å²) < 4.78 is 6.97. The molecule has 1 N–H and O–H groups in total. The second-order valence-corrected chi connectivity index (χ2v) is 3.99.